The zero-order valence-corrected chi connectivity index (χ0v) is 19.0. The molecule has 2 aromatic rings. The van der Waals surface area contributed by atoms with E-state index in [9.17, 15) is 29.6 Å². The van der Waals surface area contributed by atoms with Crippen molar-refractivity contribution in [3.63, 3.8) is 0 Å². The average Bonchev–Trinajstić information content (AvgIpc) is 3.36. The van der Waals surface area contributed by atoms with Crippen LogP contribution >= 0.6 is 8.25 Å². The Kier molecular flexibility index (Phi) is 7.39. The SMILES string of the molecule is CCCCCC(O)C1CC(O)n2c(nc3c(ncn3[C@H]3C[C@H](O[P+](=O)[O-])[C@@H](CO)O3)c2=O)N1. The number of aliphatic hydroxyl groups is 3. The van der Waals surface area contributed by atoms with Crippen molar-refractivity contribution in [1.82, 2.24) is 19.1 Å². The van der Waals surface area contributed by atoms with Crippen molar-refractivity contribution in [2.24, 2.45) is 0 Å². The van der Waals surface area contributed by atoms with Gasteiger partial charge in [0.05, 0.1) is 25.1 Å². The molecule has 13 nitrogen and oxygen atoms in total. The fourth-order valence-electron chi connectivity index (χ4n) is 4.44. The highest BCUT2D eigenvalue weighted by molar-refractivity contribution is 7.30. The second-order valence-corrected chi connectivity index (χ2v) is 9.04. The van der Waals surface area contributed by atoms with Gasteiger partial charge in [0.1, 0.15) is 24.7 Å². The van der Waals surface area contributed by atoms with Crippen LogP contribution in [0.1, 0.15) is 57.9 Å². The largest absolute Gasteiger partial charge is 0.566 e. The van der Waals surface area contributed by atoms with E-state index in [4.69, 9.17) is 9.26 Å². The number of fused-ring (bicyclic) bond motifs is 2. The van der Waals surface area contributed by atoms with Crippen LogP contribution in [-0.4, -0.2) is 65.4 Å². The summed E-state index contributed by atoms with van der Waals surface area (Å²) in [7, 11) is -3.14. The highest BCUT2D eigenvalue weighted by Crippen LogP contribution is 2.36. The van der Waals surface area contributed by atoms with Gasteiger partial charge in [-0.1, -0.05) is 26.2 Å². The Balaban J connectivity index is 1.63. The summed E-state index contributed by atoms with van der Waals surface area (Å²) in [6.07, 6.45) is 0.571. The normalized spacial score (nSPS) is 28.5. The third kappa shape index (κ3) is 4.80. The number of hydrogen-bond acceptors (Lipinski definition) is 11. The summed E-state index contributed by atoms with van der Waals surface area (Å²) in [5.74, 6) is 0.0969. The van der Waals surface area contributed by atoms with Crippen LogP contribution in [0.2, 0.25) is 0 Å². The minimum absolute atomic E-state index is 0.00459. The summed E-state index contributed by atoms with van der Waals surface area (Å²) in [6, 6.07) is -0.481. The number of rotatable bonds is 9. The van der Waals surface area contributed by atoms with Gasteiger partial charge in [-0.25, -0.2) is 9.55 Å². The van der Waals surface area contributed by atoms with Crippen molar-refractivity contribution in [3.8, 4) is 0 Å². The number of anilines is 1. The second-order valence-electron chi connectivity index (χ2n) is 8.38. The molecule has 182 valence electrons. The van der Waals surface area contributed by atoms with Crippen LogP contribution in [-0.2, 0) is 13.8 Å². The molecule has 4 unspecified atom stereocenters. The fourth-order valence-corrected chi connectivity index (χ4v) is 4.88. The number of aliphatic hydroxyl groups excluding tert-OH is 3. The fraction of sp³-hybridized carbons (Fsp3) is 0.737. The summed E-state index contributed by atoms with van der Waals surface area (Å²) in [5, 5.41) is 33.7. The van der Waals surface area contributed by atoms with E-state index in [2.05, 4.69) is 22.2 Å². The standard InChI is InChI=1S/C19H28N5O8P/c1-2-3-4-5-11(26)10-6-14(27)24-18(28)16-17(22-19(24)21-10)23(9-20-16)15-7-12(32-33(29)30)13(8-25)31-15/h9-15,25-27H,2-8H2,1H3,(H,21,22)/t10?,11?,12-,13+,14?,15+/m0/s1. The number of nitrogens with zero attached hydrogens (tertiary/aromatic N) is 4. The van der Waals surface area contributed by atoms with Gasteiger partial charge in [0.25, 0.3) is 5.56 Å². The lowest BCUT2D eigenvalue weighted by molar-refractivity contribution is -0.191. The molecule has 4 heterocycles. The molecular formula is C19H28N5O8P. The monoisotopic (exact) mass is 485 g/mol. The first-order valence-corrected chi connectivity index (χ1v) is 12.1. The van der Waals surface area contributed by atoms with Crippen molar-refractivity contribution in [2.45, 2.75) is 82.3 Å². The Morgan fingerprint density at radius 3 is 2.91 bits per heavy atom. The van der Waals surface area contributed by atoms with Gasteiger partial charge in [0.15, 0.2) is 11.2 Å². The molecule has 0 aromatic carbocycles. The summed E-state index contributed by atoms with van der Waals surface area (Å²) in [5.41, 5.74) is -0.384. The van der Waals surface area contributed by atoms with Gasteiger partial charge >= 0.3 is 8.25 Å². The van der Waals surface area contributed by atoms with Crippen LogP contribution in [0.3, 0.4) is 0 Å². The molecule has 2 aliphatic rings. The lowest BCUT2D eigenvalue weighted by atomic mass is 9.99. The number of nitrogens with one attached hydrogen (secondary N) is 1. The predicted octanol–water partition coefficient (Wildman–Crippen LogP) is -0.108. The van der Waals surface area contributed by atoms with E-state index in [0.717, 1.165) is 23.8 Å². The van der Waals surface area contributed by atoms with Crippen LogP contribution in [0.25, 0.3) is 11.2 Å². The molecule has 2 aromatic heterocycles. The van der Waals surface area contributed by atoms with E-state index >= 15 is 0 Å². The highest BCUT2D eigenvalue weighted by Gasteiger charge is 2.41. The van der Waals surface area contributed by atoms with Crippen molar-refractivity contribution in [3.05, 3.63) is 16.7 Å². The van der Waals surface area contributed by atoms with Gasteiger partial charge < -0.3 is 30.3 Å². The molecule has 0 radical (unpaired) electrons. The molecule has 1 fully saturated rings. The third-order valence-corrected chi connectivity index (χ3v) is 6.61. The minimum Gasteiger partial charge on any atom is -0.566 e. The van der Waals surface area contributed by atoms with Gasteiger partial charge in [-0.15, -0.1) is 4.52 Å². The predicted molar refractivity (Wildman–Crippen MR) is 113 cm³/mol. The van der Waals surface area contributed by atoms with E-state index in [1.807, 2.05) is 0 Å². The molecule has 0 aliphatic carbocycles. The zero-order chi connectivity index (χ0) is 23.7. The molecule has 0 amide bonds. The van der Waals surface area contributed by atoms with Gasteiger partial charge in [-0.05, 0) is 11.0 Å². The van der Waals surface area contributed by atoms with Gasteiger partial charge in [0, 0.05) is 12.8 Å². The van der Waals surface area contributed by atoms with Gasteiger partial charge in [-0.2, -0.15) is 4.98 Å². The summed E-state index contributed by atoms with van der Waals surface area (Å²) in [4.78, 5) is 32.6. The molecule has 7 atom stereocenters. The molecule has 4 N–H and O–H groups in total. The van der Waals surface area contributed by atoms with Crippen LogP contribution < -0.4 is 15.8 Å². The number of hydrogen-bond donors (Lipinski definition) is 4. The Bertz CT molecular complexity index is 1060. The maximum Gasteiger partial charge on any atom is 0.488 e. The van der Waals surface area contributed by atoms with Crippen molar-refractivity contribution in [1.29, 1.82) is 0 Å². The van der Waals surface area contributed by atoms with Gasteiger partial charge in [0.2, 0.25) is 5.95 Å². The first-order valence-electron chi connectivity index (χ1n) is 11.0. The van der Waals surface area contributed by atoms with E-state index < -0.39 is 57.2 Å². The Morgan fingerprint density at radius 2 is 2.21 bits per heavy atom. The lowest BCUT2D eigenvalue weighted by Gasteiger charge is -2.33. The van der Waals surface area contributed by atoms with Crippen LogP contribution in [0.15, 0.2) is 11.1 Å². The topological polar surface area (TPSA) is 184 Å². The van der Waals surface area contributed by atoms with Crippen LogP contribution in [0, 0.1) is 0 Å². The molecule has 0 bridgehead atoms. The number of unbranched alkanes of at least 4 members (excludes halogenated alkanes) is 2. The van der Waals surface area contributed by atoms with Crippen molar-refractivity contribution < 1.29 is 34.0 Å². The highest BCUT2D eigenvalue weighted by atomic mass is 31.1. The Morgan fingerprint density at radius 1 is 1.42 bits per heavy atom. The molecule has 14 heteroatoms. The summed E-state index contributed by atoms with van der Waals surface area (Å²) >= 11 is 0. The van der Waals surface area contributed by atoms with E-state index in [0.29, 0.717) is 6.42 Å². The number of aromatic nitrogens is 4. The van der Waals surface area contributed by atoms with Crippen LogP contribution in [0.4, 0.5) is 5.95 Å². The molecule has 2 aliphatic heterocycles. The molecule has 4 rings (SSSR count). The smallest absolute Gasteiger partial charge is 0.488 e. The van der Waals surface area contributed by atoms with Crippen molar-refractivity contribution >= 4 is 25.4 Å². The molecule has 1 saturated heterocycles. The van der Waals surface area contributed by atoms with Crippen molar-refractivity contribution in [2.75, 3.05) is 11.9 Å². The molecule has 0 spiro atoms. The van der Waals surface area contributed by atoms with E-state index in [1.165, 1.54) is 10.9 Å². The van der Waals surface area contributed by atoms with E-state index in [1.54, 1.807) is 0 Å². The van der Waals surface area contributed by atoms with Gasteiger partial charge in [-0.3, -0.25) is 9.36 Å². The second kappa shape index (κ2) is 10.1. The Labute approximate surface area is 189 Å². The molecule has 0 saturated carbocycles. The first kappa shape index (κ1) is 24.1. The van der Waals surface area contributed by atoms with E-state index in [-0.39, 0.29) is 30.0 Å². The lowest BCUT2D eigenvalue weighted by Crippen LogP contribution is -2.44. The zero-order valence-electron chi connectivity index (χ0n) is 18.1. The number of imidazole rings is 1. The minimum atomic E-state index is -3.14. The third-order valence-electron chi connectivity index (χ3n) is 6.17. The maximum absolute atomic E-state index is 13.0. The summed E-state index contributed by atoms with van der Waals surface area (Å²) < 4.78 is 24.1. The van der Waals surface area contributed by atoms with Crippen LogP contribution in [0.5, 0.6) is 0 Å². The molecular weight excluding hydrogens is 457 g/mol. The number of ether oxygens (including phenoxy) is 1. The maximum atomic E-state index is 13.0. The quantitative estimate of drug-likeness (QED) is 0.274. The molecule has 33 heavy (non-hydrogen) atoms. The summed E-state index contributed by atoms with van der Waals surface area (Å²) in [6.45, 7) is 1.62. The average molecular weight is 485 g/mol. The first-order chi connectivity index (χ1) is 15.8. The Hall–Kier alpha value is -1.99.